The van der Waals surface area contributed by atoms with E-state index in [4.69, 9.17) is 9.42 Å². The quantitative estimate of drug-likeness (QED) is 0.676. The zero-order valence-electron chi connectivity index (χ0n) is 9.61. The van der Waals surface area contributed by atoms with Crippen molar-refractivity contribution in [1.29, 1.82) is 0 Å². The molecule has 92 valence electrons. The van der Waals surface area contributed by atoms with Crippen molar-refractivity contribution < 1.29 is 14.0 Å². The van der Waals surface area contributed by atoms with E-state index in [0.29, 0.717) is 0 Å². The minimum absolute atomic E-state index is 0.781. The van der Waals surface area contributed by atoms with Gasteiger partial charge in [-0.05, 0) is 11.1 Å². The van der Waals surface area contributed by atoms with E-state index in [1.54, 1.807) is 0 Å². The molecule has 0 heterocycles. The molecule has 2 rings (SSSR count). The predicted octanol–water partition coefficient (Wildman–Crippen LogP) is 3.47. The maximum Gasteiger partial charge on any atom is 0.364 e. The van der Waals surface area contributed by atoms with Gasteiger partial charge in [-0.15, -0.1) is 0 Å². The van der Waals surface area contributed by atoms with E-state index in [2.05, 4.69) is 0 Å². The predicted molar refractivity (Wildman–Crippen MR) is 72.3 cm³/mol. The van der Waals surface area contributed by atoms with Crippen LogP contribution in [0.15, 0.2) is 66.9 Å². The molecule has 0 saturated heterocycles. The Kier molecular flexibility index (Phi) is 4.35. The highest BCUT2D eigenvalue weighted by molar-refractivity contribution is 7.32. The average molecular weight is 260 g/mol. The van der Waals surface area contributed by atoms with Crippen LogP contribution in [0.25, 0.3) is 5.57 Å². The minimum Gasteiger partial charge on any atom is -0.434 e. The first-order valence-corrected chi connectivity index (χ1v) is 6.74. The standard InChI is InChI=1S/C14H13O3P/c15-18(16)17-11-14(12-7-3-1-4-8-12)13-9-5-2-6-10-13/h1-11,18H,(H,15,16). The number of benzene rings is 2. The summed E-state index contributed by atoms with van der Waals surface area (Å²) in [7, 11) is -2.97. The number of hydrogen-bond donors (Lipinski definition) is 1. The Labute approximate surface area is 106 Å². The Balaban J connectivity index is 2.42. The summed E-state index contributed by atoms with van der Waals surface area (Å²) in [6.45, 7) is 0. The summed E-state index contributed by atoms with van der Waals surface area (Å²) in [5.74, 6) is 0. The van der Waals surface area contributed by atoms with Gasteiger partial charge in [0.25, 0.3) is 0 Å². The molecule has 0 radical (unpaired) electrons. The normalized spacial score (nSPS) is 11.6. The number of rotatable bonds is 4. The van der Waals surface area contributed by atoms with Crippen molar-refractivity contribution >= 4 is 13.8 Å². The maximum absolute atomic E-state index is 10.7. The van der Waals surface area contributed by atoms with Crippen LogP contribution in [-0.4, -0.2) is 4.89 Å². The Morgan fingerprint density at radius 2 is 1.39 bits per heavy atom. The lowest BCUT2D eigenvalue weighted by atomic mass is 9.99. The van der Waals surface area contributed by atoms with E-state index >= 15 is 0 Å². The molecule has 2 aromatic rings. The first kappa shape index (κ1) is 12.6. The van der Waals surface area contributed by atoms with Gasteiger partial charge in [-0.2, -0.15) is 0 Å². The smallest absolute Gasteiger partial charge is 0.364 e. The molecule has 2 aromatic carbocycles. The molecule has 1 unspecified atom stereocenters. The molecule has 0 spiro atoms. The van der Waals surface area contributed by atoms with Crippen LogP contribution in [0.2, 0.25) is 0 Å². The molecular formula is C14H13O3P. The zero-order valence-corrected chi connectivity index (χ0v) is 10.6. The minimum atomic E-state index is -2.97. The lowest BCUT2D eigenvalue weighted by molar-refractivity contribution is 0.379. The molecule has 0 aliphatic carbocycles. The van der Waals surface area contributed by atoms with Crippen LogP contribution < -0.4 is 0 Å². The largest absolute Gasteiger partial charge is 0.434 e. The summed E-state index contributed by atoms with van der Waals surface area (Å²) >= 11 is 0. The van der Waals surface area contributed by atoms with E-state index in [0.717, 1.165) is 16.7 Å². The molecule has 1 atom stereocenters. The summed E-state index contributed by atoms with van der Waals surface area (Å²) < 4.78 is 15.4. The summed E-state index contributed by atoms with van der Waals surface area (Å²) in [6, 6.07) is 19.2. The first-order valence-electron chi connectivity index (χ1n) is 5.48. The molecule has 0 aliphatic heterocycles. The van der Waals surface area contributed by atoms with Crippen LogP contribution in [0, 0.1) is 0 Å². The lowest BCUT2D eigenvalue weighted by Crippen LogP contribution is -1.87. The average Bonchev–Trinajstić information content (AvgIpc) is 2.41. The highest BCUT2D eigenvalue weighted by Gasteiger charge is 2.05. The molecule has 4 heteroatoms. The molecule has 0 saturated carbocycles. The third-order valence-electron chi connectivity index (χ3n) is 2.45. The van der Waals surface area contributed by atoms with Crippen molar-refractivity contribution in [2.24, 2.45) is 0 Å². The van der Waals surface area contributed by atoms with Gasteiger partial charge < -0.3 is 9.42 Å². The van der Waals surface area contributed by atoms with Gasteiger partial charge in [0.05, 0.1) is 0 Å². The highest BCUT2D eigenvalue weighted by Crippen LogP contribution is 2.26. The first-order chi connectivity index (χ1) is 8.77. The molecular weight excluding hydrogens is 247 g/mol. The highest BCUT2D eigenvalue weighted by atomic mass is 31.1. The molecule has 18 heavy (non-hydrogen) atoms. The second kappa shape index (κ2) is 6.20. The lowest BCUT2D eigenvalue weighted by Gasteiger charge is -2.07. The SMILES string of the molecule is O=[PH](O)OC=C(c1ccccc1)c1ccccc1. The number of hydrogen-bond acceptors (Lipinski definition) is 2. The third-order valence-corrected chi connectivity index (χ3v) is 2.77. The van der Waals surface area contributed by atoms with E-state index in [1.807, 2.05) is 60.7 Å². The fourth-order valence-electron chi connectivity index (χ4n) is 1.65. The van der Waals surface area contributed by atoms with Gasteiger partial charge in [0.1, 0.15) is 6.26 Å². The van der Waals surface area contributed by atoms with Crippen molar-refractivity contribution in [3.8, 4) is 0 Å². The van der Waals surface area contributed by atoms with Gasteiger partial charge in [-0.3, -0.25) is 0 Å². The molecule has 0 amide bonds. The van der Waals surface area contributed by atoms with E-state index in [-0.39, 0.29) is 0 Å². The molecule has 0 bridgehead atoms. The topological polar surface area (TPSA) is 46.5 Å². The molecule has 0 fully saturated rings. The monoisotopic (exact) mass is 260 g/mol. The van der Waals surface area contributed by atoms with E-state index in [9.17, 15) is 4.57 Å². The van der Waals surface area contributed by atoms with Crippen LogP contribution in [0.5, 0.6) is 0 Å². The summed E-state index contributed by atoms with van der Waals surface area (Å²) in [5.41, 5.74) is 2.66. The Morgan fingerprint density at radius 1 is 0.944 bits per heavy atom. The fourth-order valence-corrected chi connectivity index (χ4v) is 1.87. The van der Waals surface area contributed by atoms with Crippen molar-refractivity contribution in [1.82, 2.24) is 0 Å². The van der Waals surface area contributed by atoms with Gasteiger partial charge in [0.2, 0.25) is 0 Å². The van der Waals surface area contributed by atoms with Crippen molar-refractivity contribution in [3.63, 3.8) is 0 Å². The van der Waals surface area contributed by atoms with E-state index in [1.165, 1.54) is 6.26 Å². The fraction of sp³-hybridized carbons (Fsp3) is 0. The molecule has 0 aromatic heterocycles. The van der Waals surface area contributed by atoms with Crippen LogP contribution >= 0.6 is 8.25 Å². The second-order valence-electron chi connectivity index (χ2n) is 3.65. The zero-order chi connectivity index (χ0) is 12.8. The summed E-state index contributed by atoms with van der Waals surface area (Å²) in [5, 5.41) is 0. The maximum atomic E-state index is 10.7. The van der Waals surface area contributed by atoms with Crippen LogP contribution in [-0.2, 0) is 9.09 Å². The molecule has 1 N–H and O–H groups in total. The van der Waals surface area contributed by atoms with Crippen molar-refractivity contribution in [3.05, 3.63) is 78.1 Å². The van der Waals surface area contributed by atoms with Gasteiger partial charge in [-0.1, -0.05) is 60.7 Å². The molecule has 0 aliphatic rings. The van der Waals surface area contributed by atoms with Gasteiger partial charge >= 0.3 is 8.25 Å². The Hall–Kier alpha value is -1.83. The van der Waals surface area contributed by atoms with Gasteiger partial charge in [0.15, 0.2) is 0 Å². The van der Waals surface area contributed by atoms with Crippen LogP contribution in [0.1, 0.15) is 11.1 Å². The molecule has 3 nitrogen and oxygen atoms in total. The van der Waals surface area contributed by atoms with E-state index < -0.39 is 8.25 Å². The second-order valence-corrected chi connectivity index (χ2v) is 4.41. The van der Waals surface area contributed by atoms with Crippen molar-refractivity contribution in [2.75, 3.05) is 0 Å². The Bertz CT molecular complexity index is 508. The van der Waals surface area contributed by atoms with Gasteiger partial charge in [-0.25, -0.2) is 4.57 Å². The third kappa shape index (κ3) is 3.33. The van der Waals surface area contributed by atoms with Crippen LogP contribution in [0.4, 0.5) is 0 Å². The summed E-state index contributed by atoms with van der Waals surface area (Å²) in [6.07, 6.45) is 1.34. The Morgan fingerprint density at radius 3 is 1.78 bits per heavy atom. The van der Waals surface area contributed by atoms with Gasteiger partial charge in [0, 0.05) is 5.57 Å². The summed E-state index contributed by atoms with van der Waals surface area (Å²) in [4.78, 5) is 8.77. The van der Waals surface area contributed by atoms with Crippen molar-refractivity contribution in [2.45, 2.75) is 0 Å². The van der Waals surface area contributed by atoms with Crippen LogP contribution in [0.3, 0.4) is 0 Å².